The molecule has 1 aliphatic rings. The van der Waals surface area contributed by atoms with Crippen LogP contribution < -0.4 is 4.74 Å². The normalized spacial score (nSPS) is 17.3. The van der Waals surface area contributed by atoms with Crippen LogP contribution in [0.3, 0.4) is 0 Å². The van der Waals surface area contributed by atoms with Crippen molar-refractivity contribution in [2.75, 3.05) is 13.2 Å². The van der Waals surface area contributed by atoms with E-state index in [1.807, 2.05) is 6.92 Å². The standard InChI is InChI=1S/C11H12BrNO4/c1-2-11(6-16-7-11)17-8-3-4-10(13(14)15)9(12)5-8/h3-5H,2,6-7H2,1H3. The summed E-state index contributed by atoms with van der Waals surface area (Å²) in [6, 6.07) is 4.66. The van der Waals surface area contributed by atoms with E-state index < -0.39 is 4.92 Å². The lowest BCUT2D eigenvalue weighted by atomic mass is 9.99. The molecule has 2 rings (SSSR count). The van der Waals surface area contributed by atoms with Crippen LogP contribution >= 0.6 is 15.9 Å². The van der Waals surface area contributed by atoms with Gasteiger partial charge in [0.05, 0.1) is 22.6 Å². The van der Waals surface area contributed by atoms with Gasteiger partial charge >= 0.3 is 0 Å². The summed E-state index contributed by atoms with van der Waals surface area (Å²) in [4.78, 5) is 10.2. The Kier molecular flexibility index (Phi) is 3.35. The van der Waals surface area contributed by atoms with Crippen molar-refractivity contribution < 1.29 is 14.4 Å². The monoisotopic (exact) mass is 301 g/mol. The summed E-state index contributed by atoms with van der Waals surface area (Å²) >= 11 is 3.16. The highest BCUT2D eigenvalue weighted by molar-refractivity contribution is 9.10. The molecule has 0 aromatic heterocycles. The van der Waals surface area contributed by atoms with Gasteiger partial charge in [0.1, 0.15) is 5.75 Å². The lowest BCUT2D eigenvalue weighted by Crippen LogP contribution is -2.53. The van der Waals surface area contributed by atoms with Crippen molar-refractivity contribution in [2.24, 2.45) is 0 Å². The highest BCUT2D eigenvalue weighted by Crippen LogP contribution is 2.33. The maximum Gasteiger partial charge on any atom is 0.283 e. The van der Waals surface area contributed by atoms with Crippen LogP contribution in [0.2, 0.25) is 0 Å². The molecule has 1 saturated heterocycles. The first-order valence-corrected chi connectivity index (χ1v) is 6.06. The molecule has 1 aromatic carbocycles. The first-order chi connectivity index (χ1) is 8.06. The van der Waals surface area contributed by atoms with E-state index >= 15 is 0 Å². The van der Waals surface area contributed by atoms with Crippen molar-refractivity contribution in [3.63, 3.8) is 0 Å². The van der Waals surface area contributed by atoms with Crippen LogP contribution in [-0.2, 0) is 4.74 Å². The molecule has 0 atom stereocenters. The molecule has 6 heteroatoms. The Bertz CT molecular complexity index is 440. The zero-order valence-electron chi connectivity index (χ0n) is 9.31. The molecule has 1 aromatic rings. The fourth-order valence-corrected chi connectivity index (χ4v) is 2.12. The zero-order valence-corrected chi connectivity index (χ0v) is 10.9. The molecule has 5 nitrogen and oxygen atoms in total. The van der Waals surface area contributed by atoms with Crippen LogP contribution in [0.4, 0.5) is 5.69 Å². The lowest BCUT2D eigenvalue weighted by molar-refractivity contribution is -0.385. The van der Waals surface area contributed by atoms with Gasteiger partial charge in [0.15, 0.2) is 5.60 Å². The van der Waals surface area contributed by atoms with E-state index in [-0.39, 0.29) is 11.3 Å². The topological polar surface area (TPSA) is 61.6 Å². The first-order valence-electron chi connectivity index (χ1n) is 5.27. The number of benzene rings is 1. The van der Waals surface area contributed by atoms with Gasteiger partial charge in [-0.2, -0.15) is 0 Å². The van der Waals surface area contributed by atoms with Gasteiger partial charge in [-0.3, -0.25) is 10.1 Å². The van der Waals surface area contributed by atoms with Crippen molar-refractivity contribution in [3.05, 3.63) is 32.8 Å². The number of nitro groups is 1. The highest BCUT2D eigenvalue weighted by Gasteiger charge is 2.39. The Morgan fingerprint density at radius 1 is 1.59 bits per heavy atom. The summed E-state index contributed by atoms with van der Waals surface area (Å²) in [6.07, 6.45) is 0.849. The van der Waals surface area contributed by atoms with Crippen molar-refractivity contribution in [1.29, 1.82) is 0 Å². The highest BCUT2D eigenvalue weighted by atomic mass is 79.9. The molecule has 1 aliphatic heterocycles. The third kappa shape index (κ3) is 2.42. The van der Waals surface area contributed by atoms with Crippen LogP contribution in [0.1, 0.15) is 13.3 Å². The summed E-state index contributed by atoms with van der Waals surface area (Å²) in [7, 11) is 0. The Morgan fingerprint density at radius 2 is 2.29 bits per heavy atom. The van der Waals surface area contributed by atoms with Crippen LogP contribution in [0.5, 0.6) is 5.75 Å². The summed E-state index contributed by atoms with van der Waals surface area (Å²) in [5.74, 6) is 0.618. The van der Waals surface area contributed by atoms with Gasteiger partial charge in [-0.05, 0) is 28.4 Å². The number of hydrogen-bond acceptors (Lipinski definition) is 4. The second kappa shape index (κ2) is 4.62. The van der Waals surface area contributed by atoms with Gasteiger partial charge in [-0.25, -0.2) is 0 Å². The molecule has 0 bridgehead atoms. The zero-order chi connectivity index (χ0) is 12.5. The number of nitrogens with zero attached hydrogens (tertiary/aromatic N) is 1. The summed E-state index contributed by atoms with van der Waals surface area (Å²) < 4.78 is 11.4. The fraction of sp³-hybridized carbons (Fsp3) is 0.455. The smallest absolute Gasteiger partial charge is 0.283 e. The minimum Gasteiger partial charge on any atom is -0.482 e. The van der Waals surface area contributed by atoms with Crippen LogP contribution in [0.15, 0.2) is 22.7 Å². The third-order valence-electron chi connectivity index (χ3n) is 2.82. The Morgan fingerprint density at radius 3 is 2.71 bits per heavy atom. The van der Waals surface area contributed by atoms with Crippen molar-refractivity contribution in [2.45, 2.75) is 18.9 Å². The molecule has 92 valence electrons. The van der Waals surface area contributed by atoms with Gasteiger partial charge in [-0.1, -0.05) is 6.92 Å². The van der Waals surface area contributed by atoms with E-state index in [2.05, 4.69) is 15.9 Å². The average Bonchev–Trinajstić information content (AvgIpc) is 2.23. The molecule has 0 saturated carbocycles. The number of ether oxygens (including phenoxy) is 2. The quantitative estimate of drug-likeness (QED) is 0.634. The Hall–Kier alpha value is -1.14. The van der Waals surface area contributed by atoms with Gasteiger partial charge < -0.3 is 9.47 Å². The van der Waals surface area contributed by atoms with Crippen LogP contribution in [-0.4, -0.2) is 23.7 Å². The van der Waals surface area contributed by atoms with Crippen molar-refractivity contribution in [3.8, 4) is 5.75 Å². The maximum absolute atomic E-state index is 10.7. The second-order valence-electron chi connectivity index (χ2n) is 4.00. The molecule has 1 fully saturated rings. The van der Waals surface area contributed by atoms with E-state index in [1.54, 1.807) is 12.1 Å². The van der Waals surface area contributed by atoms with E-state index in [0.717, 1.165) is 6.42 Å². The van der Waals surface area contributed by atoms with E-state index in [9.17, 15) is 10.1 Å². The Labute approximate surface area is 107 Å². The van der Waals surface area contributed by atoms with Gasteiger partial charge in [0.25, 0.3) is 5.69 Å². The minimum absolute atomic E-state index is 0.0350. The molecule has 0 N–H and O–H groups in total. The minimum atomic E-state index is -0.435. The average molecular weight is 302 g/mol. The summed E-state index contributed by atoms with van der Waals surface area (Å²) in [5, 5.41) is 10.7. The molecule has 0 aliphatic carbocycles. The van der Waals surface area contributed by atoms with E-state index in [0.29, 0.717) is 23.4 Å². The first kappa shape index (κ1) is 12.3. The maximum atomic E-state index is 10.7. The van der Waals surface area contributed by atoms with Gasteiger partial charge in [0.2, 0.25) is 0 Å². The molecular weight excluding hydrogens is 290 g/mol. The van der Waals surface area contributed by atoms with Crippen LogP contribution in [0, 0.1) is 10.1 Å². The fourth-order valence-electron chi connectivity index (χ4n) is 1.61. The predicted molar refractivity (Wildman–Crippen MR) is 65.3 cm³/mol. The Balaban J connectivity index is 2.17. The molecule has 0 amide bonds. The largest absolute Gasteiger partial charge is 0.482 e. The number of nitro benzene ring substituents is 1. The predicted octanol–water partition coefficient (Wildman–Crippen LogP) is 2.92. The lowest BCUT2D eigenvalue weighted by Gasteiger charge is -2.40. The SMILES string of the molecule is CCC1(Oc2ccc([N+](=O)[O-])c(Br)c2)COC1. The second-order valence-corrected chi connectivity index (χ2v) is 4.86. The molecule has 0 radical (unpaired) electrons. The molecule has 1 heterocycles. The number of rotatable bonds is 4. The molecular formula is C11H12BrNO4. The number of halogens is 1. The molecule has 0 unspecified atom stereocenters. The third-order valence-corrected chi connectivity index (χ3v) is 3.46. The molecule has 17 heavy (non-hydrogen) atoms. The van der Waals surface area contributed by atoms with E-state index in [4.69, 9.17) is 9.47 Å². The number of hydrogen-bond donors (Lipinski definition) is 0. The van der Waals surface area contributed by atoms with Gasteiger partial charge in [-0.15, -0.1) is 0 Å². The van der Waals surface area contributed by atoms with E-state index in [1.165, 1.54) is 6.07 Å². The van der Waals surface area contributed by atoms with Crippen molar-refractivity contribution in [1.82, 2.24) is 0 Å². The molecule has 0 spiro atoms. The van der Waals surface area contributed by atoms with Gasteiger partial charge in [0, 0.05) is 12.1 Å². The summed E-state index contributed by atoms with van der Waals surface area (Å²) in [6.45, 7) is 3.17. The summed E-state index contributed by atoms with van der Waals surface area (Å²) in [5.41, 5.74) is -0.233. The van der Waals surface area contributed by atoms with Crippen molar-refractivity contribution >= 4 is 21.6 Å². The van der Waals surface area contributed by atoms with Crippen LogP contribution in [0.25, 0.3) is 0 Å².